The molecule has 0 bridgehead atoms. The number of hydrogen-bond acceptors (Lipinski definition) is 3. The largest absolute Gasteiger partial charge is 0.322 e. The van der Waals surface area contributed by atoms with Gasteiger partial charge in [-0.3, -0.25) is 10.1 Å². The Hall–Kier alpha value is -0.220. The van der Waals surface area contributed by atoms with Gasteiger partial charge in [-0.15, -0.1) is 0 Å². The third-order valence-corrected chi connectivity index (χ3v) is 5.02. The highest BCUT2D eigenvalue weighted by Gasteiger charge is 2.43. The molecule has 92 valence electrons. The number of rotatable bonds is 3. The second kappa shape index (κ2) is 4.96. The molecule has 3 nitrogen and oxygen atoms in total. The van der Waals surface area contributed by atoms with Crippen LogP contribution in [0.5, 0.6) is 0 Å². The summed E-state index contributed by atoms with van der Waals surface area (Å²) in [5.41, 5.74) is 0. The van der Waals surface area contributed by atoms with Crippen molar-refractivity contribution in [1.29, 1.82) is 0 Å². The minimum atomic E-state index is 0.00746. The number of thioether (sulfide) groups is 1. The van der Waals surface area contributed by atoms with Gasteiger partial charge in [-0.05, 0) is 32.4 Å². The third-order valence-electron chi connectivity index (χ3n) is 3.87. The van der Waals surface area contributed by atoms with E-state index in [0.717, 1.165) is 6.42 Å². The molecule has 1 aliphatic carbocycles. The molecule has 0 spiro atoms. The van der Waals surface area contributed by atoms with Crippen molar-refractivity contribution in [2.45, 2.75) is 63.0 Å². The molecule has 1 aliphatic heterocycles. The fraction of sp³-hybridized carbons (Fsp3) is 0.917. The lowest BCUT2D eigenvalue weighted by molar-refractivity contribution is -0.131. The maximum absolute atomic E-state index is 12.2. The second-order valence-corrected chi connectivity index (χ2v) is 5.91. The highest BCUT2D eigenvalue weighted by atomic mass is 32.2. The zero-order chi connectivity index (χ0) is 11.7. The number of nitrogens with zero attached hydrogens (tertiary/aromatic N) is 1. The van der Waals surface area contributed by atoms with E-state index >= 15 is 0 Å². The van der Waals surface area contributed by atoms with E-state index in [2.05, 4.69) is 23.4 Å². The van der Waals surface area contributed by atoms with Crippen LogP contribution in [0.2, 0.25) is 0 Å². The zero-order valence-corrected chi connectivity index (χ0v) is 11.2. The van der Waals surface area contributed by atoms with E-state index in [4.69, 9.17) is 0 Å². The first-order valence-corrected chi connectivity index (χ1v) is 7.58. The van der Waals surface area contributed by atoms with Crippen LogP contribution in [-0.2, 0) is 4.79 Å². The normalized spacial score (nSPS) is 39.7. The Morgan fingerprint density at radius 1 is 1.50 bits per heavy atom. The van der Waals surface area contributed by atoms with Crippen molar-refractivity contribution >= 4 is 17.7 Å². The van der Waals surface area contributed by atoms with Crippen LogP contribution >= 0.6 is 11.8 Å². The molecule has 1 saturated heterocycles. The van der Waals surface area contributed by atoms with Gasteiger partial charge >= 0.3 is 0 Å². The molecule has 1 heterocycles. The summed E-state index contributed by atoms with van der Waals surface area (Å²) >= 11 is 1.92. The van der Waals surface area contributed by atoms with Crippen molar-refractivity contribution in [3.63, 3.8) is 0 Å². The monoisotopic (exact) mass is 242 g/mol. The van der Waals surface area contributed by atoms with Gasteiger partial charge in [0.25, 0.3) is 0 Å². The maximum Gasteiger partial charge on any atom is 0.241 e. The van der Waals surface area contributed by atoms with Gasteiger partial charge in [0.1, 0.15) is 0 Å². The molecular weight excluding hydrogens is 220 g/mol. The SMILES string of the molecule is CCC1NC(C)C(=O)N1C1CCCC1SC. The number of amides is 1. The third kappa shape index (κ3) is 1.97. The zero-order valence-electron chi connectivity index (χ0n) is 10.4. The molecule has 16 heavy (non-hydrogen) atoms. The summed E-state index contributed by atoms with van der Waals surface area (Å²) in [6, 6.07) is 0.470. The second-order valence-electron chi connectivity index (χ2n) is 4.83. The molecule has 1 amide bonds. The first kappa shape index (κ1) is 12.2. The van der Waals surface area contributed by atoms with Crippen molar-refractivity contribution in [2.24, 2.45) is 0 Å². The summed E-state index contributed by atoms with van der Waals surface area (Å²) in [5, 5.41) is 4.04. The lowest BCUT2D eigenvalue weighted by atomic mass is 10.2. The van der Waals surface area contributed by atoms with Crippen molar-refractivity contribution in [3.05, 3.63) is 0 Å². The van der Waals surface area contributed by atoms with Crippen LogP contribution in [-0.4, -0.2) is 40.6 Å². The van der Waals surface area contributed by atoms with Crippen molar-refractivity contribution in [2.75, 3.05) is 6.26 Å². The molecule has 1 N–H and O–H groups in total. The predicted octanol–water partition coefficient (Wildman–Crippen LogP) is 1.83. The average Bonchev–Trinajstić information content (AvgIpc) is 2.84. The summed E-state index contributed by atoms with van der Waals surface area (Å²) in [6.07, 6.45) is 7.16. The molecule has 4 atom stereocenters. The van der Waals surface area contributed by atoms with Crippen molar-refractivity contribution in [3.8, 4) is 0 Å². The lowest BCUT2D eigenvalue weighted by Crippen LogP contribution is -2.46. The van der Waals surface area contributed by atoms with Crippen LogP contribution in [0.1, 0.15) is 39.5 Å². The van der Waals surface area contributed by atoms with E-state index in [0.29, 0.717) is 17.2 Å². The summed E-state index contributed by atoms with van der Waals surface area (Å²) in [5.74, 6) is 0.304. The molecule has 2 fully saturated rings. The fourth-order valence-electron chi connectivity index (χ4n) is 3.03. The molecular formula is C12H22N2OS. The highest BCUT2D eigenvalue weighted by molar-refractivity contribution is 7.99. The number of nitrogens with one attached hydrogen (secondary N) is 1. The van der Waals surface area contributed by atoms with E-state index in [-0.39, 0.29) is 12.2 Å². The topological polar surface area (TPSA) is 32.3 Å². The maximum atomic E-state index is 12.2. The van der Waals surface area contributed by atoms with Crippen LogP contribution in [0, 0.1) is 0 Å². The van der Waals surface area contributed by atoms with E-state index in [1.807, 2.05) is 18.7 Å². The van der Waals surface area contributed by atoms with Gasteiger partial charge < -0.3 is 4.90 Å². The van der Waals surface area contributed by atoms with Gasteiger partial charge in [-0.25, -0.2) is 0 Å². The Bertz CT molecular complexity index is 272. The molecule has 0 aromatic rings. The Morgan fingerprint density at radius 2 is 2.25 bits per heavy atom. The Morgan fingerprint density at radius 3 is 2.88 bits per heavy atom. The Balaban J connectivity index is 2.14. The van der Waals surface area contributed by atoms with Gasteiger partial charge in [-0.1, -0.05) is 13.3 Å². The molecule has 2 aliphatic rings. The smallest absolute Gasteiger partial charge is 0.241 e. The lowest BCUT2D eigenvalue weighted by Gasteiger charge is -2.33. The van der Waals surface area contributed by atoms with Crippen molar-refractivity contribution < 1.29 is 4.79 Å². The minimum Gasteiger partial charge on any atom is -0.322 e. The van der Waals surface area contributed by atoms with Gasteiger partial charge in [0.2, 0.25) is 5.91 Å². The van der Waals surface area contributed by atoms with E-state index < -0.39 is 0 Å². The first-order chi connectivity index (χ1) is 7.69. The van der Waals surface area contributed by atoms with Crippen LogP contribution in [0.15, 0.2) is 0 Å². The van der Waals surface area contributed by atoms with Gasteiger partial charge in [0, 0.05) is 11.3 Å². The summed E-state index contributed by atoms with van der Waals surface area (Å²) in [7, 11) is 0. The van der Waals surface area contributed by atoms with Crippen LogP contribution in [0.25, 0.3) is 0 Å². The molecule has 4 heteroatoms. The van der Waals surface area contributed by atoms with Gasteiger partial charge in [-0.2, -0.15) is 11.8 Å². The minimum absolute atomic E-state index is 0.00746. The quantitative estimate of drug-likeness (QED) is 0.819. The van der Waals surface area contributed by atoms with Gasteiger partial charge in [0.15, 0.2) is 0 Å². The number of hydrogen-bond donors (Lipinski definition) is 1. The summed E-state index contributed by atoms with van der Waals surface area (Å²) in [6.45, 7) is 4.13. The summed E-state index contributed by atoms with van der Waals surface area (Å²) < 4.78 is 0. The molecule has 1 saturated carbocycles. The standard InChI is InChI=1S/C12H22N2OS/c1-4-11-13-8(2)12(15)14(11)9-6-5-7-10(9)16-3/h8-11,13H,4-7H2,1-3H3. The van der Waals surface area contributed by atoms with Crippen molar-refractivity contribution in [1.82, 2.24) is 10.2 Å². The van der Waals surface area contributed by atoms with E-state index in [1.165, 1.54) is 19.3 Å². The van der Waals surface area contributed by atoms with Crippen LogP contribution < -0.4 is 5.32 Å². The molecule has 4 unspecified atom stereocenters. The number of carbonyl (C=O) groups is 1. The average molecular weight is 242 g/mol. The van der Waals surface area contributed by atoms with E-state index in [1.54, 1.807) is 0 Å². The molecule has 0 aromatic carbocycles. The summed E-state index contributed by atoms with van der Waals surface area (Å²) in [4.78, 5) is 14.3. The highest BCUT2D eigenvalue weighted by Crippen LogP contribution is 2.35. The van der Waals surface area contributed by atoms with Crippen LogP contribution in [0.3, 0.4) is 0 Å². The molecule has 0 aromatic heterocycles. The molecule has 2 rings (SSSR count). The molecule has 0 radical (unpaired) electrons. The fourth-order valence-corrected chi connectivity index (χ4v) is 4.01. The van der Waals surface area contributed by atoms with Gasteiger partial charge in [0.05, 0.1) is 12.2 Å². The number of carbonyl (C=O) groups excluding carboxylic acids is 1. The van der Waals surface area contributed by atoms with E-state index in [9.17, 15) is 4.79 Å². The first-order valence-electron chi connectivity index (χ1n) is 6.30. The Labute approximate surface area is 102 Å². The predicted molar refractivity (Wildman–Crippen MR) is 68.5 cm³/mol. The Kier molecular flexibility index (Phi) is 3.80. The van der Waals surface area contributed by atoms with Crippen LogP contribution in [0.4, 0.5) is 0 Å².